The van der Waals surface area contributed by atoms with Crippen LogP contribution in [0, 0.1) is 5.82 Å². The third kappa shape index (κ3) is 4.17. The van der Waals surface area contributed by atoms with Crippen molar-refractivity contribution in [2.45, 2.75) is 13.0 Å². The standard InChI is InChI=1S/C16H11Cl3FNO3/c1-8(15(22)21-12-5-3-2-4-11(12)20)24-16(23)13-9(17)6-7-10(18)14(13)19/h2-8H,1H3,(H,21,22)/t8-/m0/s1. The van der Waals surface area contributed by atoms with Crippen molar-refractivity contribution < 1.29 is 18.7 Å². The molecule has 0 fully saturated rings. The highest BCUT2D eigenvalue weighted by Crippen LogP contribution is 2.32. The molecular weight excluding hydrogens is 380 g/mol. The summed E-state index contributed by atoms with van der Waals surface area (Å²) in [5, 5.41) is 2.41. The van der Waals surface area contributed by atoms with Crippen molar-refractivity contribution in [1.82, 2.24) is 0 Å². The van der Waals surface area contributed by atoms with Crippen molar-refractivity contribution in [1.29, 1.82) is 0 Å². The van der Waals surface area contributed by atoms with Gasteiger partial charge >= 0.3 is 5.97 Å². The van der Waals surface area contributed by atoms with E-state index in [4.69, 9.17) is 39.5 Å². The fraction of sp³-hybridized carbons (Fsp3) is 0.125. The minimum absolute atomic E-state index is 0.0239. The zero-order valence-corrected chi connectivity index (χ0v) is 14.5. The predicted octanol–water partition coefficient (Wildman–Crippen LogP) is 4.97. The lowest BCUT2D eigenvalue weighted by atomic mass is 10.2. The highest BCUT2D eigenvalue weighted by atomic mass is 35.5. The summed E-state index contributed by atoms with van der Waals surface area (Å²) in [7, 11) is 0. The van der Waals surface area contributed by atoms with Gasteiger partial charge in [-0.15, -0.1) is 0 Å². The Morgan fingerprint density at radius 3 is 2.38 bits per heavy atom. The first kappa shape index (κ1) is 18.5. The van der Waals surface area contributed by atoms with E-state index in [2.05, 4.69) is 5.32 Å². The monoisotopic (exact) mass is 389 g/mol. The first-order valence-corrected chi connectivity index (χ1v) is 7.84. The number of carbonyl (C=O) groups excluding carboxylic acids is 2. The molecule has 0 radical (unpaired) electrons. The molecule has 0 heterocycles. The van der Waals surface area contributed by atoms with Gasteiger partial charge in [0.25, 0.3) is 5.91 Å². The summed E-state index contributed by atoms with van der Waals surface area (Å²) < 4.78 is 18.5. The lowest BCUT2D eigenvalue weighted by Crippen LogP contribution is -2.30. The van der Waals surface area contributed by atoms with Gasteiger partial charge in [0.2, 0.25) is 0 Å². The SMILES string of the molecule is C[C@H](OC(=O)c1c(Cl)ccc(Cl)c1Cl)C(=O)Nc1ccccc1F. The van der Waals surface area contributed by atoms with Crippen molar-refractivity contribution in [3.63, 3.8) is 0 Å². The number of para-hydroxylation sites is 1. The van der Waals surface area contributed by atoms with E-state index < -0.39 is 23.8 Å². The number of carbonyl (C=O) groups is 2. The topological polar surface area (TPSA) is 55.4 Å². The Hall–Kier alpha value is -1.82. The smallest absolute Gasteiger partial charge is 0.342 e. The van der Waals surface area contributed by atoms with Crippen molar-refractivity contribution in [2.75, 3.05) is 5.32 Å². The van der Waals surface area contributed by atoms with Gasteiger partial charge in [-0.3, -0.25) is 4.79 Å². The lowest BCUT2D eigenvalue weighted by molar-refractivity contribution is -0.123. The second-order valence-electron chi connectivity index (χ2n) is 4.73. The zero-order chi connectivity index (χ0) is 17.9. The molecule has 0 spiro atoms. The van der Waals surface area contributed by atoms with Gasteiger partial charge in [0.05, 0.1) is 26.3 Å². The molecule has 0 aromatic heterocycles. The Morgan fingerprint density at radius 2 is 1.71 bits per heavy atom. The number of ether oxygens (including phenoxy) is 1. The van der Waals surface area contributed by atoms with Crippen LogP contribution in [0.4, 0.5) is 10.1 Å². The van der Waals surface area contributed by atoms with Gasteiger partial charge in [-0.1, -0.05) is 46.9 Å². The van der Waals surface area contributed by atoms with Crippen LogP contribution in [-0.2, 0) is 9.53 Å². The van der Waals surface area contributed by atoms with Crippen LogP contribution in [-0.4, -0.2) is 18.0 Å². The van der Waals surface area contributed by atoms with Crippen LogP contribution in [0.5, 0.6) is 0 Å². The van der Waals surface area contributed by atoms with Crippen molar-refractivity contribution in [2.24, 2.45) is 0 Å². The highest BCUT2D eigenvalue weighted by Gasteiger charge is 2.24. The second-order valence-corrected chi connectivity index (χ2v) is 5.93. The van der Waals surface area contributed by atoms with Gasteiger partial charge in [0, 0.05) is 0 Å². The summed E-state index contributed by atoms with van der Waals surface area (Å²) in [6, 6.07) is 8.43. The molecule has 0 unspecified atom stereocenters. The molecule has 1 N–H and O–H groups in total. The molecular formula is C16H11Cl3FNO3. The van der Waals surface area contributed by atoms with E-state index in [9.17, 15) is 14.0 Å². The number of rotatable bonds is 4. The summed E-state index contributed by atoms with van der Waals surface area (Å²) in [6.07, 6.45) is -1.21. The van der Waals surface area contributed by atoms with E-state index in [1.54, 1.807) is 6.07 Å². The van der Waals surface area contributed by atoms with Crippen LogP contribution >= 0.6 is 34.8 Å². The molecule has 0 aliphatic heterocycles. The highest BCUT2D eigenvalue weighted by molar-refractivity contribution is 6.46. The molecule has 4 nitrogen and oxygen atoms in total. The average molecular weight is 391 g/mol. The number of benzene rings is 2. The van der Waals surface area contributed by atoms with Crippen LogP contribution in [0.3, 0.4) is 0 Å². The molecule has 1 atom stereocenters. The fourth-order valence-electron chi connectivity index (χ4n) is 1.78. The number of esters is 1. The Labute approximate surface area is 152 Å². The Morgan fingerprint density at radius 1 is 1.08 bits per heavy atom. The Kier molecular flexibility index (Phi) is 6.04. The van der Waals surface area contributed by atoms with Gasteiger partial charge in [-0.25, -0.2) is 9.18 Å². The van der Waals surface area contributed by atoms with Gasteiger partial charge in [-0.2, -0.15) is 0 Å². The Balaban J connectivity index is 2.11. The quantitative estimate of drug-likeness (QED) is 0.592. The molecule has 0 bridgehead atoms. The third-order valence-electron chi connectivity index (χ3n) is 3.03. The van der Waals surface area contributed by atoms with Crippen LogP contribution in [0.15, 0.2) is 36.4 Å². The molecule has 0 saturated heterocycles. The maximum absolute atomic E-state index is 13.5. The van der Waals surface area contributed by atoms with Crippen LogP contribution in [0.25, 0.3) is 0 Å². The molecule has 2 aromatic rings. The summed E-state index contributed by atoms with van der Waals surface area (Å²) in [5.74, 6) is -2.23. The number of halogens is 4. The predicted molar refractivity (Wildman–Crippen MR) is 91.4 cm³/mol. The molecule has 24 heavy (non-hydrogen) atoms. The van der Waals surface area contributed by atoms with Gasteiger partial charge in [0.1, 0.15) is 5.82 Å². The molecule has 0 aliphatic rings. The number of amides is 1. The number of anilines is 1. The molecule has 1 amide bonds. The molecule has 0 aliphatic carbocycles. The van der Waals surface area contributed by atoms with Gasteiger partial charge < -0.3 is 10.1 Å². The van der Waals surface area contributed by atoms with E-state index in [0.717, 1.165) is 0 Å². The molecule has 126 valence electrons. The van der Waals surface area contributed by atoms with Gasteiger partial charge in [0.15, 0.2) is 6.10 Å². The van der Waals surface area contributed by atoms with E-state index >= 15 is 0 Å². The summed E-state index contributed by atoms with van der Waals surface area (Å²) >= 11 is 17.7. The molecule has 2 aromatic carbocycles. The third-order valence-corrected chi connectivity index (χ3v) is 4.15. The van der Waals surface area contributed by atoms with E-state index in [1.807, 2.05) is 0 Å². The first-order chi connectivity index (χ1) is 11.3. The number of nitrogens with one attached hydrogen (secondary N) is 1. The van der Waals surface area contributed by atoms with E-state index in [1.165, 1.54) is 37.3 Å². The van der Waals surface area contributed by atoms with Crippen LogP contribution in [0.2, 0.25) is 15.1 Å². The van der Waals surface area contributed by atoms with E-state index in [-0.39, 0.29) is 26.3 Å². The number of hydrogen-bond acceptors (Lipinski definition) is 3. The van der Waals surface area contributed by atoms with E-state index in [0.29, 0.717) is 0 Å². The van der Waals surface area contributed by atoms with Crippen molar-refractivity contribution in [3.8, 4) is 0 Å². The number of hydrogen-bond donors (Lipinski definition) is 1. The maximum Gasteiger partial charge on any atom is 0.342 e. The maximum atomic E-state index is 13.5. The molecule has 0 saturated carbocycles. The fourth-order valence-corrected chi connectivity index (χ4v) is 2.47. The summed E-state index contributed by atoms with van der Waals surface area (Å²) in [5.41, 5.74) is -0.166. The molecule has 2 rings (SSSR count). The van der Waals surface area contributed by atoms with Gasteiger partial charge in [-0.05, 0) is 31.2 Å². The first-order valence-electron chi connectivity index (χ1n) is 6.71. The largest absolute Gasteiger partial charge is 0.449 e. The minimum Gasteiger partial charge on any atom is -0.449 e. The normalized spacial score (nSPS) is 11.7. The minimum atomic E-state index is -1.21. The molecule has 8 heteroatoms. The average Bonchev–Trinajstić information content (AvgIpc) is 2.53. The lowest BCUT2D eigenvalue weighted by Gasteiger charge is -2.15. The zero-order valence-electron chi connectivity index (χ0n) is 12.3. The summed E-state index contributed by atoms with van der Waals surface area (Å²) in [4.78, 5) is 24.2. The van der Waals surface area contributed by atoms with Crippen LogP contribution < -0.4 is 5.32 Å². The summed E-state index contributed by atoms with van der Waals surface area (Å²) in [6.45, 7) is 1.33. The van der Waals surface area contributed by atoms with Crippen molar-refractivity contribution >= 4 is 52.4 Å². The van der Waals surface area contributed by atoms with Crippen molar-refractivity contribution in [3.05, 3.63) is 62.8 Å². The Bertz CT molecular complexity index is 798. The second kappa shape index (κ2) is 7.83. The van der Waals surface area contributed by atoms with Crippen LogP contribution in [0.1, 0.15) is 17.3 Å².